The highest BCUT2D eigenvalue weighted by Crippen LogP contribution is 2.39. The van der Waals surface area contributed by atoms with E-state index in [0.29, 0.717) is 11.8 Å². The molecule has 118 valence electrons. The van der Waals surface area contributed by atoms with E-state index in [1.165, 1.54) is 12.1 Å². The molecule has 0 unspecified atom stereocenters. The van der Waals surface area contributed by atoms with Gasteiger partial charge in [0.15, 0.2) is 5.84 Å². The van der Waals surface area contributed by atoms with E-state index in [0.717, 1.165) is 0 Å². The Morgan fingerprint density at radius 3 is 2.19 bits per heavy atom. The highest BCUT2D eigenvalue weighted by molar-refractivity contribution is 7.99. The molecule has 1 aromatic rings. The third-order valence-electron chi connectivity index (χ3n) is 1.92. The van der Waals surface area contributed by atoms with Gasteiger partial charge >= 0.3 is 6.18 Å². The molecule has 2 nitrogen and oxygen atoms in total. The van der Waals surface area contributed by atoms with Crippen LogP contribution in [0.25, 0.3) is 0 Å². The number of alkyl halides is 6. The summed E-state index contributed by atoms with van der Waals surface area (Å²) in [7, 11) is 0. The Hall–Kier alpha value is 0.280. The van der Waals surface area contributed by atoms with Crippen LogP contribution in [0.1, 0.15) is 0 Å². The fourth-order valence-electron chi connectivity index (χ4n) is 1.07. The molecule has 0 spiro atoms. The number of amidine groups is 1. The van der Waals surface area contributed by atoms with E-state index in [4.69, 9.17) is 63.7 Å². The van der Waals surface area contributed by atoms with E-state index in [2.05, 4.69) is 4.99 Å². The van der Waals surface area contributed by atoms with Crippen LogP contribution in [-0.4, -0.2) is 21.6 Å². The third-order valence-corrected chi connectivity index (χ3v) is 4.35. The molecule has 0 bridgehead atoms. The fourth-order valence-corrected chi connectivity index (χ4v) is 2.49. The van der Waals surface area contributed by atoms with Gasteiger partial charge in [-0.25, -0.2) is 4.99 Å². The molecule has 0 saturated heterocycles. The smallest absolute Gasteiger partial charge is 0.384 e. The lowest BCUT2D eigenvalue weighted by Crippen LogP contribution is -2.27. The predicted molar refractivity (Wildman–Crippen MR) is 84.8 cm³/mol. The minimum absolute atomic E-state index is 0.0505. The highest BCUT2D eigenvalue weighted by atomic mass is 35.6. The minimum Gasteiger partial charge on any atom is -0.384 e. The van der Waals surface area contributed by atoms with Crippen molar-refractivity contribution in [2.24, 2.45) is 10.7 Å². The van der Waals surface area contributed by atoms with Crippen molar-refractivity contribution in [2.75, 3.05) is 5.75 Å². The van der Waals surface area contributed by atoms with Gasteiger partial charge in [-0.2, -0.15) is 13.2 Å². The molecule has 2 N–H and O–H groups in total. The Morgan fingerprint density at radius 1 is 1.14 bits per heavy atom. The molecule has 0 fully saturated rings. The van der Waals surface area contributed by atoms with Crippen LogP contribution in [0.3, 0.4) is 0 Å². The maximum atomic E-state index is 12.2. The Bertz CT molecular complexity index is 557. The molecule has 0 aliphatic rings. The SMILES string of the molecule is N/C(=N\c1cc(SCC(F)(F)F)c(Cl)cc1Cl)C(Cl)(Cl)Cl. The van der Waals surface area contributed by atoms with Gasteiger partial charge in [0.2, 0.25) is 3.79 Å². The number of halogens is 8. The van der Waals surface area contributed by atoms with Crippen molar-refractivity contribution in [2.45, 2.75) is 14.9 Å². The molecule has 1 rings (SSSR count). The van der Waals surface area contributed by atoms with Crippen molar-refractivity contribution in [3.8, 4) is 0 Å². The summed E-state index contributed by atoms with van der Waals surface area (Å²) in [6.07, 6.45) is -4.34. The zero-order valence-corrected chi connectivity index (χ0v) is 14.4. The van der Waals surface area contributed by atoms with Gasteiger partial charge in [0.25, 0.3) is 0 Å². The second-order valence-corrected chi connectivity index (χ2v) is 7.75. The Kier molecular flexibility index (Phi) is 6.66. The summed E-state index contributed by atoms with van der Waals surface area (Å²) >= 11 is 28.8. The zero-order chi connectivity index (χ0) is 16.4. The first kappa shape index (κ1) is 19.3. The Labute approximate surface area is 147 Å². The van der Waals surface area contributed by atoms with Gasteiger partial charge in [0, 0.05) is 4.90 Å². The highest BCUT2D eigenvalue weighted by Gasteiger charge is 2.28. The maximum absolute atomic E-state index is 12.2. The standard InChI is InChI=1S/C10H6Cl5F3N2S/c11-4-1-5(12)7(21-3-9(16,17)18)2-6(4)20-8(19)10(13,14)15/h1-2H,3H2,(H2,19,20). The molecule has 0 atom stereocenters. The maximum Gasteiger partial charge on any atom is 0.398 e. The first-order chi connectivity index (χ1) is 9.40. The number of rotatable bonds is 3. The quantitative estimate of drug-likeness (QED) is 0.282. The van der Waals surface area contributed by atoms with Gasteiger partial charge in [-0.1, -0.05) is 58.0 Å². The van der Waals surface area contributed by atoms with Crippen LogP contribution >= 0.6 is 69.8 Å². The summed E-state index contributed by atoms with van der Waals surface area (Å²) in [5, 5.41) is 0.120. The number of nitrogens with two attached hydrogens (primary N) is 1. The molecule has 0 saturated carbocycles. The number of aliphatic imine (C=N–C) groups is 1. The molecule has 0 radical (unpaired) electrons. The van der Waals surface area contributed by atoms with Gasteiger partial charge in [0.1, 0.15) is 0 Å². The number of hydrogen-bond acceptors (Lipinski definition) is 2. The number of hydrogen-bond donors (Lipinski definition) is 1. The summed E-state index contributed by atoms with van der Waals surface area (Å²) in [6.45, 7) is 0. The molecule has 1 aromatic carbocycles. The van der Waals surface area contributed by atoms with Crippen LogP contribution in [0.2, 0.25) is 10.0 Å². The van der Waals surface area contributed by atoms with Crippen LogP contribution in [0.5, 0.6) is 0 Å². The Morgan fingerprint density at radius 2 is 1.71 bits per heavy atom. The lowest BCUT2D eigenvalue weighted by molar-refractivity contribution is -0.105. The van der Waals surface area contributed by atoms with Crippen molar-refractivity contribution in [3.63, 3.8) is 0 Å². The van der Waals surface area contributed by atoms with Gasteiger partial charge in [-0.05, 0) is 12.1 Å². The van der Waals surface area contributed by atoms with Gasteiger partial charge in [-0.3, -0.25) is 0 Å². The molecular formula is C10H6Cl5F3N2S. The van der Waals surface area contributed by atoms with Crippen molar-refractivity contribution in [1.29, 1.82) is 0 Å². The summed E-state index contributed by atoms with van der Waals surface area (Å²) in [4.78, 5) is 3.92. The third kappa shape index (κ3) is 6.50. The monoisotopic (exact) mass is 418 g/mol. The van der Waals surface area contributed by atoms with Crippen molar-refractivity contribution < 1.29 is 13.2 Å². The first-order valence-electron chi connectivity index (χ1n) is 5.00. The molecule has 0 aliphatic carbocycles. The van der Waals surface area contributed by atoms with E-state index in [1.54, 1.807) is 0 Å². The Balaban J connectivity index is 3.12. The van der Waals surface area contributed by atoms with Crippen LogP contribution in [-0.2, 0) is 0 Å². The van der Waals surface area contributed by atoms with Gasteiger partial charge < -0.3 is 5.73 Å². The largest absolute Gasteiger partial charge is 0.398 e. The molecule has 11 heteroatoms. The summed E-state index contributed by atoms with van der Waals surface area (Å²) in [5.41, 5.74) is 5.51. The molecule has 0 aliphatic heterocycles. The minimum atomic E-state index is -4.34. The zero-order valence-electron chi connectivity index (χ0n) is 9.82. The van der Waals surface area contributed by atoms with Crippen molar-refractivity contribution in [1.82, 2.24) is 0 Å². The van der Waals surface area contributed by atoms with Gasteiger partial charge in [0.05, 0.1) is 21.5 Å². The van der Waals surface area contributed by atoms with Crippen molar-refractivity contribution >= 4 is 81.3 Å². The van der Waals surface area contributed by atoms with Crippen LogP contribution in [0.15, 0.2) is 22.0 Å². The summed E-state index contributed by atoms with van der Waals surface area (Å²) < 4.78 is 34.7. The second-order valence-electron chi connectivity index (χ2n) is 3.63. The molecule has 0 heterocycles. The molecular weight excluding hydrogens is 414 g/mol. The second kappa shape index (κ2) is 7.23. The average Bonchev–Trinajstić information content (AvgIpc) is 2.28. The molecule has 0 aromatic heterocycles. The number of benzene rings is 1. The van der Waals surface area contributed by atoms with E-state index >= 15 is 0 Å². The average molecular weight is 420 g/mol. The van der Waals surface area contributed by atoms with E-state index < -0.39 is 15.7 Å². The van der Waals surface area contributed by atoms with Crippen LogP contribution in [0.4, 0.5) is 18.9 Å². The summed E-state index contributed by atoms with van der Waals surface area (Å²) in [6, 6.07) is 2.48. The van der Waals surface area contributed by atoms with Crippen molar-refractivity contribution in [3.05, 3.63) is 22.2 Å². The van der Waals surface area contributed by atoms with Crippen LogP contribution < -0.4 is 5.73 Å². The lowest BCUT2D eigenvalue weighted by atomic mass is 10.3. The predicted octanol–water partition coefficient (Wildman–Crippen LogP) is 6.01. The normalized spacial score (nSPS) is 13.6. The lowest BCUT2D eigenvalue weighted by Gasteiger charge is -2.12. The van der Waals surface area contributed by atoms with E-state index in [-0.39, 0.29) is 26.5 Å². The van der Waals surface area contributed by atoms with E-state index in [1.807, 2.05) is 0 Å². The summed E-state index contributed by atoms with van der Waals surface area (Å²) in [5.74, 6) is -1.49. The van der Waals surface area contributed by atoms with Gasteiger partial charge in [-0.15, -0.1) is 11.8 Å². The van der Waals surface area contributed by atoms with Crippen LogP contribution in [0, 0.1) is 0 Å². The molecule has 21 heavy (non-hydrogen) atoms. The number of nitrogens with zero attached hydrogens (tertiary/aromatic N) is 1. The topological polar surface area (TPSA) is 38.4 Å². The fraction of sp³-hybridized carbons (Fsp3) is 0.300. The van der Waals surface area contributed by atoms with E-state index in [9.17, 15) is 13.2 Å². The number of thioether (sulfide) groups is 1. The molecule has 0 amide bonds. The first-order valence-corrected chi connectivity index (χ1v) is 7.87.